The smallest absolute Gasteiger partial charge is 0.307 e. The first-order valence-electron chi connectivity index (χ1n) is 44.8. The van der Waals surface area contributed by atoms with E-state index >= 15 is 0 Å². The van der Waals surface area contributed by atoms with Crippen LogP contribution in [0.3, 0.4) is 0 Å². The lowest BCUT2D eigenvalue weighted by Gasteiger charge is -2.15. The van der Waals surface area contributed by atoms with E-state index in [1.165, 1.54) is 155 Å². The average molecular weight is 2390 g/mol. The lowest BCUT2D eigenvalue weighted by Crippen LogP contribution is -2.13. The number of thiophene rings is 6. The number of carbonyl (C=O) groups is 5. The lowest BCUT2D eigenvalue weighted by atomic mass is 10.0. The van der Waals surface area contributed by atoms with Crippen molar-refractivity contribution in [3.8, 4) is 55.2 Å². The quantitative estimate of drug-likeness (QED) is 0.0198. The maximum absolute atomic E-state index is 14.1. The first-order valence-corrected chi connectivity index (χ1v) is 55.9. The van der Waals surface area contributed by atoms with Crippen molar-refractivity contribution in [3.63, 3.8) is 0 Å². The fourth-order valence-corrected chi connectivity index (χ4v) is 24.3. The summed E-state index contributed by atoms with van der Waals surface area (Å²) in [4.78, 5) is 78.2. The summed E-state index contributed by atoms with van der Waals surface area (Å²) in [5.74, 6) is -0.0514. The molecule has 18 aromatic rings. The van der Waals surface area contributed by atoms with Crippen LogP contribution in [0.5, 0.6) is 0 Å². The van der Waals surface area contributed by atoms with Gasteiger partial charge in [-0.25, -0.2) is 15.0 Å². The number of nitrogens with zero attached hydrogens (tertiary/aromatic N) is 3. The molecule has 0 fully saturated rings. The van der Waals surface area contributed by atoms with Gasteiger partial charge in [-0.1, -0.05) is 250 Å². The maximum atomic E-state index is 14.1. The average Bonchev–Trinajstić information content (AvgIpc) is 1.60. The third kappa shape index (κ3) is 33.2. The summed E-state index contributed by atoms with van der Waals surface area (Å²) in [7, 11) is 0. The summed E-state index contributed by atoms with van der Waals surface area (Å²) in [5.41, 5.74) is 17.2. The van der Waals surface area contributed by atoms with Crippen LogP contribution in [0, 0.1) is 26.2 Å². The number of ketones is 5. The molecule has 9 aromatic carbocycles. The molecule has 9 heterocycles. The van der Waals surface area contributed by atoms with Crippen LogP contribution in [-0.4, -0.2) is 74.5 Å². The van der Waals surface area contributed by atoms with Crippen LogP contribution < -0.4 is 0 Å². The molecule has 148 heavy (non-hydrogen) atoms. The number of terminal acetylenes is 1. The molecule has 0 saturated carbocycles. The first kappa shape index (κ1) is 116. The molecule has 0 saturated heterocycles. The third-order valence-electron chi connectivity index (χ3n) is 21.7. The second-order valence-corrected chi connectivity index (χ2v) is 47.4. The van der Waals surface area contributed by atoms with E-state index in [4.69, 9.17) is 46.3 Å². The highest BCUT2D eigenvalue weighted by Gasteiger charge is 2.36. The van der Waals surface area contributed by atoms with Crippen LogP contribution in [0.4, 0.5) is 8.78 Å². The Hall–Kier alpha value is -12.2. The van der Waals surface area contributed by atoms with Gasteiger partial charge in [0.15, 0.2) is 23.1 Å². The highest BCUT2D eigenvalue weighted by Crippen LogP contribution is 2.44. The maximum Gasteiger partial charge on any atom is 0.307 e. The Morgan fingerprint density at radius 2 is 0.919 bits per heavy atom. The van der Waals surface area contributed by atoms with Crippen LogP contribution in [0.1, 0.15) is 198 Å². The van der Waals surface area contributed by atoms with Crippen LogP contribution >= 0.6 is 185 Å². The largest absolute Gasteiger partial charge is 0.508 e. The zero-order valence-corrected chi connectivity index (χ0v) is 94.9. The van der Waals surface area contributed by atoms with Crippen molar-refractivity contribution in [1.29, 1.82) is 0 Å². The second kappa shape index (κ2) is 55.4. The molecule has 1 aliphatic rings. The van der Waals surface area contributed by atoms with Gasteiger partial charge in [-0.05, 0) is 216 Å². The van der Waals surface area contributed by atoms with E-state index in [1.54, 1.807) is 101 Å². The Labute approximate surface area is 934 Å². The number of aryl methyl sites for hydroxylation is 3. The molecule has 0 spiro atoms. The third-order valence-corrected chi connectivity index (χ3v) is 33.8. The summed E-state index contributed by atoms with van der Waals surface area (Å²) < 4.78 is 31.1. The predicted molar refractivity (Wildman–Crippen MR) is 628 cm³/mol. The number of hydrogen-bond acceptors (Lipinski definition) is 23. The number of thiazole rings is 3. The summed E-state index contributed by atoms with van der Waals surface area (Å²) in [6.45, 7) is 29.7. The van der Waals surface area contributed by atoms with Gasteiger partial charge in [0.05, 0.1) is 40.9 Å². The van der Waals surface area contributed by atoms with E-state index in [9.17, 15) is 58.3 Å². The van der Waals surface area contributed by atoms with Crippen molar-refractivity contribution in [1.82, 2.24) is 15.0 Å². The summed E-state index contributed by atoms with van der Waals surface area (Å²) in [5, 5.41) is 65.7. The van der Waals surface area contributed by atoms with Crippen LogP contribution in [0.25, 0.3) is 71.6 Å². The number of alkyl halides is 2. The number of aliphatic hydroxyl groups excluding tert-OH is 6. The highest BCUT2D eigenvalue weighted by atomic mass is 79.9. The van der Waals surface area contributed by atoms with E-state index < -0.39 is 12.0 Å². The van der Waals surface area contributed by atoms with Crippen molar-refractivity contribution >= 4 is 242 Å². The molecule has 1 atom stereocenters. The number of aromatic nitrogens is 3. The number of carbonyl (C=O) groups excluding carboxylic acids is 5. The molecular weight excluding hydrogens is 2300 g/mol. The molecule has 0 radical (unpaired) electrons. The zero-order chi connectivity index (χ0) is 107. The van der Waals surface area contributed by atoms with E-state index in [1.807, 2.05) is 156 Å². The van der Waals surface area contributed by atoms with Gasteiger partial charge in [0, 0.05) is 153 Å². The van der Waals surface area contributed by atoms with Crippen molar-refractivity contribution in [2.45, 2.75) is 86.2 Å². The van der Waals surface area contributed by atoms with Gasteiger partial charge in [0.1, 0.15) is 61.3 Å². The molecule has 31 heteroatoms. The number of fused-ring (bicyclic) bond motifs is 3. The Morgan fingerprint density at radius 3 is 1.38 bits per heavy atom. The van der Waals surface area contributed by atoms with Crippen LogP contribution in [0.2, 0.25) is 15.1 Å². The lowest BCUT2D eigenvalue weighted by molar-refractivity contribution is 0.0469. The van der Waals surface area contributed by atoms with Crippen LogP contribution in [0.15, 0.2) is 334 Å². The molecule has 1 unspecified atom stereocenters. The van der Waals surface area contributed by atoms with E-state index in [2.05, 4.69) is 165 Å². The van der Waals surface area contributed by atoms with Gasteiger partial charge in [-0.2, -0.15) is 8.78 Å². The van der Waals surface area contributed by atoms with E-state index in [-0.39, 0.29) is 68.2 Å². The predicted octanol–water partition coefficient (Wildman–Crippen LogP) is 37.0. The van der Waals surface area contributed by atoms with Crippen molar-refractivity contribution in [2.24, 2.45) is 0 Å². The number of halogens is 8. The number of Topliss-reactive ketones (excluding diaryl/α,β-unsaturated/α-hetero) is 4. The summed E-state index contributed by atoms with van der Waals surface area (Å²) >= 11 is 41.3. The van der Waals surface area contributed by atoms with Gasteiger partial charge in [-0.3, -0.25) is 24.0 Å². The van der Waals surface area contributed by atoms with Crippen LogP contribution in [-0.2, 0) is 31.6 Å². The molecule has 14 nitrogen and oxygen atoms in total. The SMILES string of the molecule is C#Cc1ccc(Cc2ccc(C(=C)O)cc2)s1.C=C(O)c1ccc(C(F)(F)c2ccc(Br)s2)cc1.C=C(O)c1ccc(C(O)c2ccc(Br)s2)cc1.C=C(O)c1ccc(Cc2ccc(Br)s2)cc1.C=C(O)c1ccc(Cc2ccc(CC)s2)cc1.CC(=O)c1ccc2c(c1)-c1ccsc1C2=O.CC(=O)c1cnc(-c2c(C)cccc2C)s1.CC(=O)c1csc(-c2cccc(Cl)c2)n1.CC(=O)c1csc(-c2cccc(Cl)c2Cl)n1. The highest BCUT2D eigenvalue weighted by molar-refractivity contribution is 9.11. The van der Waals surface area contributed by atoms with Crippen molar-refractivity contribution in [2.75, 3.05) is 0 Å². The molecule has 9 aromatic heterocycles. The fourth-order valence-electron chi connectivity index (χ4n) is 13.9. The summed E-state index contributed by atoms with van der Waals surface area (Å²) in [6.07, 6.45) is 10.2. The number of hydrogen-bond donors (Lipinski definition) is 6. The molecule has 6 N–H and O–H groups in total. The van der Waals surface area contributed by atoms with E-state index in [0.29, 0.717) is 57.5 Å². The first-order chi connectivity index (χ1) is 70.5. The molecule has 0 bridgehead atoms. The van der Waals surface area contributed by atoms with Gasteiger partial charge in [0.2, 0.25) is 5.78 Å². The molecule has 0 aliphatic heterocycles. The number of rotatable bonds is 23. The molecule has 0 amide bonds. The monoisotopic (exact) mass is 2390 g/mol. The minimum atomic E-state index is -3.04. The minimum Gasteiger partial charge on any atom is -0.508 e. The minimum absolute atomic E-state index is 0.0143. The van der Waals surface area contributed by atoms with Gasteiger partial charge >= 0.3 is 5.92 Å². The van der Waals surface area contributed by atoms with Gasteiger partial charge in [-0.15, -0.1) is 108 Å². The fraction of sp³-hybridized carbons (Fsp3) is 0.111. The Bertz CT molecular complexity index is 7800. The molecule has 19 rings (SSSR count). The molecular formula is C117H95Br3Cl3F2N3O11S9. The normalized spacial score (nSPS) is 10.9. The molecule has 754 valence electrons. The van der Waals surface area contributed by atoms with E-state index in [0.717, 1.165) is 124 Å². The standard InChI is InChI=1S/C15H16OS.C15H12OS.C13H9BrF2OS.C13H11BrO2S.C13H11BrOS.C13H13NOS.C13H8O2S.C11H7Cl2NOS.C11H8ClNOS/c2*1-3-14-8-9-15(17-14)10-12-4-6-13(7-5-12)11(2)16;1-8(17)9-2-4-10(5-3-9)13(15,16)11-6-7-12(14)18-11;1-8(15)9-2-4-10(5-3-9)13(16)11-6-7-12(14)17-11;1-9(15)11-4-2-10(3-5-11)8-12-6-7-13(14)16-12;1-8-5-4-6-9(2)12(8)13-14-7-11(16-13)10(3)15;1-7(14)8-2-3-9-11(6-8)10-4-5-16-13(10)12(9)15;1-6(15)9-5-16-11(14-9)7-3-2-4-8(12)10(7)13;1-7(14)10-6-15-11(13-10)8-3-2-4-9(12)5-8/h4-9,16H,2-3,10H2,1H3;1,4-9,16H,2,10H2;2-7,17H,1H2;2-7,13,15-16H,1H2;2-7,15H,1,8H2;4-7H,1-3H3;2-6H,1H3;2-5H,1H3;2-6H,1H3. The van der Waals surface area contributed by atoms with Crippen molar-refractivity contribution < 1.29 is 63.4 Å². The Kier molecular flexibility index (Phi) is 43.4. The number of aliphatic hydroxyl groups is 6. The topological polar surface area (TPSA) is 245 Å². The Balaban J connectivity index is 0.000000158. The summed E-state index contributed by atoms with van der Waals surface area (Å²) in [6, 6.07) is 81.5. The van der Waals surface area contributed by atoms with Gasteiger partial charge < -0.3 is 30.6 Å². The number of benzene rings is 9. The zero-order valence-electron chi connectivity index (χ0n) is 80.5. The Morgan fingerprint density at radius 1 is 0.453 bits per heavy atom. The molecule has 1 aliphatic carbocycles. The second-order valence-electron chi connectivity index (χ2n) is 32.6. The van der Waals surface area contributed by atoms with Gasteiger partial charge in [0.25, 0.3) is 0 Å². The van der Waals surface area contributed by atoms with Crippen molar-refractivity contribution in [3.05, 3.63) is 482 Å².